The fourth-order valence-electron chi connectivity index (χ4n) is 1.58. The van der Waals surface area contributed by atoms with Crippen LogP contribution in [0.1, 0.15) is 37.2 Å². The number of carbonyl (C=O) groups is 1. The largest absolute Gasteiger partial charge is 0.371 e. The highest BCUT2D eigenvalue weighted by molar-refractivity contribution is 5.93. The van der Waals surface area contributed by atoms with Crippen molar-refractivity contribution in [3.8, 4) is 12.3 Å². The zero-order valence-corrected chi connectivity index (χ0v) is 10.9. The van der Waals surface area contributed by atoms with Crippen molar-refractivity contribution in [1.82, 2.24) is 10.3 Å². The fraction of sp³-hybridized carbons (Fsp3) is 0.429. The van der Waals surface area contributed by atoms with Gasteiger partial charge in [-0.1, -0.05) is 19.3 Å². The van der Waals surface area contributed by atoms with E-state index < -0.39 is 0 Å². The molecule has 1 unspecified atom stereocenters. The number of hydrogen-bond donors (Lipinski definition) is 2. The molecule has 0 saturated carbocycles. The van der Waals surface area contributed by atoms with Gasteiger partial charge in [-0.15, -0.1) is 6.42 Å². The standard InChI is InChI=1S/C14H19N3O/c1-4-7-11(5-2)17-12-8-9-16-13(10-12)14(18)15-6-3/h2,8-11H,4,6-7H2,1,3H3,(H,15,18)(H,16,17). The molecule has 0 fully saturated rings. The molecular formula is C14H19N3O. The molecule has 0 bridgehead atoms. The van der Waals surface area contributed by atoms with Gasteiger partial charge in [-0.05, 0) is 25.5 Å². The minimum absolute atomic E-state index is 0.0144. The molecule has 1 amide bonds. The van der Waals surface area contributed by atoms with E-state index in [9.17, 15) is 4.79 Å². The van der Waals surface area contributed by atoms with Crippen molar-refractivity contribution >= 4 is 11.6 Å². The molecule has 4 heteroatoms. The van der Waals surface area contributed by atoms with E-state index in [2.05, 4.69) is 28.5 Å². The third-order valence-corrected chi connectivity index (χ3v) is 2.45. The van der Waals surface area contributed by atoms with Crippen molar-refractivity contribution in [3.05, 3.63) is 24.0 Å². The van der Waals surface area contributed by atoms with Gasteiger partial charge in [0, 0.05) is 18.4 Å². The summed E-state index contributed by atoms with van der Waals surface area (Å²) in [6.07, 6.45) is 8.96. The molecule has 0 aliphatic heterocycles. The first-order valence-electron chi connectivity index (χ1n) is 6.18. The number of nitrogens with one attached hydrogen (secondary N) is 2. The zero-order valence-electron chi connectivity index (χ0n) is 10.9. The number of carbonyl (C=O) groups excluding carboxylic acids is 1. The molecule has 96 valence electrons. The highest BCUT2D eigenvalue weighted by Crippen LogP contribution is 2.11. The Morgan fingerprint density at radius 2 is 2.33 bits per heavy atom. The van der Waals surface area contributed by atoms with E-state index in [4.69, 9.17) is 6.42 Å². The summed E-state index contributed by atoms with van der Waals surface area (Å²) in [4.78, 5) is 15.7. The molecule has 0 radical (unpaired) electrons. The summed E-state index contributed by atoms with van der Waals surface area (Å²) in [5.74, 6) is 2.52. The van der Waals surface area contributed by atoms with Gasteiger partial charge in [-0.2, -0.15) is 0 Å². The summed E-state index contributed by atoms with van der Waals surface area (Å²) in [6.45, 7) is 4.54. The smallest absolute Gasteiger partial charge is 0.269 e. The second-order valence-corrected chi connectivity index (χ2v) is 3.94. The third kappa shape index (κ3) is 4.10. The number of nitrogens with zero attached hydrogens (tertiary/aromatic N) is 1. The van der Waals surface area contributed by atoms with Crippen molar-refractivity contribution < 1.29 is 4.79 Å². The minimum atomic E-state index is -0.172. The Balaban J connectivity index is 2.76. The molecule has 1 heterocycles. The summed E-state index contributed by atoms with van der Waals surface area (Å²) >= 11 is 0. The van der Waals surface area contributed by atoms with Gasteiger partial charge in [-0.25, -0.2) is 0 Å². The lowest BCUT2D eigenvalue weighted by Crippen LogP contribution is -2.24. The second kappa shape index (κ2) is 7.33. The number of hydrogen-bond acceptors (Lipinski definition) is 3. The molecule has 2 N–H and O–H groups in total. The van der Waals surface area contributed by atoms with Crippen LogP contribution in [0, 0.1) is 12.3 Å². The Bertz CT molecular complexity index is 437. The fourth-order valence-corrected chi connectivity index (χ4v) is 1.58. The molecule has 18 heavy (non-hydrogen) atoms. The summed E-state index contributed by atoms with van der Waals surface area (Å²) in [6, 6.07) is 3.51. The molecule has 1 rings (SSSR count). The molecule has 0 aliphatic rings. The van der Waals surface area contributed by atoms with E-state index in [1.165, 1.54) is 0 Å². The van der Waals surface area contributed by atoms with E-state index >= 15 is 0 Å². The number of aromatic nitrogens is 1. The van der Waals surface area contributed by atoms with E-state index in [0.29, 0.717) is 12.2 Å². The number of terminal acetylenes is 1. The number of rotatable bonds is 6. The van der Waals surface area contributed by atoms with Gasteiger partial charge in [0.2, 0.25) is 0 Å². The predicted molar refractivity (Wildman–Crippen MR) is 73.4 cm³/mol. The molecule has 0 aliphatic carbocycles. The van der Waals surface area contributed by atoms with Gasteiger partial charge in [-0.3, -0.25) is 9.78 Å². The topological polar surface area (TPSA) is 54.0 Å². The quantitative estimate of drug-likeness (QED) is 0.754. The maximum Gasteiger partial charge on any atom is 0.269 e. The Labute approximate surface area is 108 Å². The molecule has 1 atom stereocenters. The Hall–Kier alpha value is -2.02. The van der Waals surface area contributed by atoms with Crippen molar-refractivity contribution in [2.24, 2.45) is 0 Å². The normalized spacial score (nSPS) is 11.4. The average molecular weight is 245 g/mol. The second-order valence-electron chi connectivity index (χ2n) is 3.94. The lowest BCUT2D eigenvalue weighted by Gasteiger charge is -2.13. The summed E-state index contributed by atoms with van der Waals surface area (Å²) in [7, 11) is 0. The molecule has 4 nitrogen and oxygen atoms in total. The van der Waals surface area contributed by atoms with Crippen LogP contribution in [0.5, 0.6) is 0 Å². The van der Waals surface area contributed by atoms with Crippen LogP contribution in [0.25, 0.3) is 0 Å². The van der Waals surface area contributed by atoms with Gasteiger partial charge in [0.1, 0.15) is 5.69 Å². The number of pyridine rings is 1. The van der Waals surface area contributed by atoms with Crippen LogP contribution >= 0.6 is 0 Å². The van der Waals surface area contributed by atoms with Crippen LogP contribution in [-0.2, 0) is 0 Å². The van der Waals surface area contributed by atoms with Crippen LogP contribution in [0.3, 0.4) is 0 Å². The Morgan fingerprint density at radius 1 is 1.56 bits per heavy atom. The number of amides is 1. The number of anilines is 1. The molecule has 1 aromatic rings. The highest BCUT2D eigenvalue weighted by atomic mass is 16.1. The summed E-state index contributed by atoms with van der Waals surface area (Å²) in [5, 5.41) is 5.92. The van der Waals surface area contributed by atoms with Gasteiger partial charge < -0.3 is 10.6 Å². The van der Waals surface area contributed by atoms with Crippen LogP contribution in [0.4, 0.5) is 5.69 Å². The van der Waals surface area contributed by atoms with E-state index in [1.54, 1.807) is 12.3 Å². The predicted octanol–water partition coefficient (Wildman–Crippen LogP) is 2.05. The third-order valence-electron chi connectivity index (χ3n) is 2.45. The van der Waals surface area contributed by atoms with Crippen molar-refractivity contribution in [1.29, 1.82) is 0 Å². The monoisotopic (exact) mass is 245 g/mol. The molecule has 0 aromatic carbocycles. The Morgan fingerprint density at radius 3 is 2.94 bits per heavy atom. The maximum absolute atomic E-state index is 11.6. The zero-order chi connectivity index (χ0) is 13.4. The SMILES string of the molecule is C#CC(CCC)Nc1ccnc(C(=O)NCC)c1. The van der Waals surface area contributed by atoms with Gasteiger partial charge in [0.25, 0.3) is 5.91 Å². The average Bonchev–Trinajstić information content (AvgIpc) is 2.39. The van der Waals surface area contributed by atoms with E-state index in [1.807, 2.05) is 13.0 Å². The highest BCUT2D eigenvalue weighted by Gasteiger charge is 2.08. The maximum atomic E-state index is 11.6. The summed E-state index contributed by atoms with van der Waals surface area (Å²) < 4.78 is 0. The van der Waals surface area contributed by atoms with Crippen molar-refractivity contribution in [2.45, 2.75) is 32.7 Å². The van der Waals surface area contributed by atoms with Crippen LogP contribution < -0.4 is 10.6 Å². The van der Waals surface area contributed by atoms with Gasteiger partial charge >= 0.3 is 0 Å². The Kier molecular flexibility index (Phi) is 5.72. The molecular weight excluding hydrogens is 226 g/mol. The lowest BCUT2D eigenvalue weighted by atomic mass is 10.1. The molecule has 0 saturated heterocycles. The van der Waals surface area contributed by atoms with Crippen LogP contribution in [0.15, 0.2) is 18.3 Å². The molecule has 1 aromatic heterocycles. The first kappa shape index (κ1) is 14.0. The molecule has 0 spiro atoms. The lowest BCUT2D eigenvalue weighted by molar-refractivity contribution is 0.0951. The van der Waals surface area contributed by atoms with Crippen LogP contribution in [-0.4, -0.2) is 23.5 Å². The van der Waals surface area contributed by atoms with Gasteiger partial charge in [0.05, 0.1) is 6.04 Å². The first-order chi connectivity index (χ1) is 8.71. The van der Waals surface area contributed by atoms with Gasteiger partial charge in [0.15, 0.2) is 0 Å². The minimum Gasteiger partial charge on any atom is -0.371 e. The van der Waals surface area contributed by atoms with Crippen molar-refractivity contribution in [3.63, 3.8) is 0 Å². The first-order valence-corrected chi connectivity index (χ1v) is 6.18. The van der Waals surface area contributed by atoms with E-state index in [0.717, 1.165) is 18.5 Å². The van der Waals surface area contributed by atoms with Crippen molar-refractivity contribution in [2.75, 3.05) is 11.9 Å². The summed E-state index contributed by atoms with van der Waals surface area (Å²) in [5.41, 5.74) is 1.22. The van der Waals surface area contributed by atoms with E-state index in [-0.39, 0.29) is 11.9 Å². The van der Waals surface area contributed by atoms with Crippen LogP contribution in [0.2, 0.25) is 0 Å².